The molecule has 29 heavy (non-hydrogen) atoms. The zero-order chi connectivity index (χ0) is 19.7. The predicted molar refractivity (Wildman–Crippen MR) is 110 cm³/mol. The highest BCUT2D eigenvalue weighted by Crippen LogP contribution is 2.44. The standard InChI is InChI=1S/C24H28N2O3/c27-23(24(11-14-28-15-12-24)18-6-2-1-3-7-18)26-19-9-10-20(26)17-21(16-19)29-22-8-4-5-13-25-22/h1-8,13,19-21H,9-12,14-17H2. The second kappa shape index (κ2) is 7.79. The first-order chi connectivity index (χ1) is 14.3. The molecule has 5 nitrogen and oxygen atoms in total. The zero-order valence-electron chi connectivity index (χ0n) is 16.7. The van der Waals surface area contributed by atoms with E-state index in [0.717, 1.165) is 44.1 Å². The fourth-order valence-corrected chi connectivity index (χ4v) is 5.49. The molecule has 2 atom stereocenters. The van der Waals surface area contributed by atoms with Gasteiger partial charge >= 0.3 is 0 Å². The van der Waals surface area contributed by atoms with Crippen LogP contribution < -0.4 is 4.74 Å². The van der Waals surface area contributed by atoms with Crippen LogP contribution in [0.2, 0.25) is 0 Å². The van der Waals surface area contributed by atoms with Crippen LogP contribution >= 0.6 is 0 Å². The van der Waals surface area contributed by atoms with Crippen molar-refractivity contribution >= 4 is 5.91 Å². The highest BCUT2D eigenvalue weighted by atomic mass is 16.5. The lowest BCUT2D eigenvalue weighted by Gasteiger charge is -2.45. The van der Waals surface area contributed by atoms with Gasteiger partial charge in [0.1, 0.15) is 6.10 Å². The molecule has 5 heteroatoms. The normalized spacial score (nSPS) is 28.1. The number of pyridine rings is 1. The maximum atomic E-state index is 14.0. The molecule has 2 unspecified atom stereocenters. The van der Waals surface area contributed by atoms with Gasteiger partial charge in [0.25, 0.3) is 0 Å². The number of benzene rings is 1. The first-order valence-electron chi connectivity index (χ1n) is 10.8. The van der Waals surface area contributed by atoms with E-state index in [9.17, 15) is 4.79 Å². The average molecular weight is 392 g/mol. The molecule has 152 valence electrons. The Morgan fingerprint density at radius 1 is 1.00 bits per heavy atom. The van der Waals surface area contributed by atoms with Crippen LogP contribution in [0.15, 0.2) is 54.7 Å². The number of ether oxygens (including phenoxy) is 2. The number of hydrogen-bond acceptors (Lipinski definition) is 4. The molecule has 5 rings (SSSR count). The number of fused-ring (bicyclic) bond motifs is 2. The van der Waals surface area contributed by atoms with Gasteiger partial charge in [-0.1, -0.05) is 36.4 Å². The molecular weight excluding hydrogens is 364 g/mol. The highest BCUT2D eigenvalue weighted by molar-refractivity contribution is 5.89. The maximum Gasteiger partial charge on any atom is 0.233 e. The second-order valence-electron chi connectivity index (χ2n) is 8.54. The topological polar surface area (TPSA) is 51.7 Å². The number of carbonyl (C=O) groups is 1. The molecule has 3 aliphatic heterocycles. The van der Waals surface area contributed by atoms with Gasteiger partial charge in [-0.05, 0) is 37.3 Å². The molecule has 3 aliphatic rings. The van der Waals surface area contributed by atoms with Crippen molar-refractivity contribution in [2.24, 2.45) is 0 Å². The van der Waals surface area contributed by atoms with Gasteiger partial charge in [-0.15, -0.1) is 0 Å². The Balaban J connectivity index is 1.37. The third-order valence-electron chi connectivity index (χ3n) is 6.93. The van der Waals surface area contributed by atoms with Gasteiger partial charge in [0.2, 0.25) is 11.8 Å². The van der Waals surface area contributed by atoms with E-state index in [2.05, 4.69) is 22.0 Å². The Morgan fingerprint density at radius 3 is 2.34 bits per heavy atom. The molecule has 4 heterocycles. The molecule has 0 N–H and O–H groups in total. The Hall–Kier alpha value is -2.40. The van der Waals surface area contributed by atoms with Crippen molar-refractivity contribution in [3.8, 4) is 5.88 Å². The maximum absolute atomic E-state index is 14.0. The summed E-state index contributed by atoms with van der Waals surface area (Å²) in [5.41, 5.74) is 0.689. The quantitative estimate of drug-likeness (QED) is 0.796. The van der Waals surface area contributed by atoms with E-state index in [-0.39, 0.29) is 18.2 Å². The van der Waals surface area contributed by atoms with Crippen molar-refractivity contribution in [3.63, 3.8) is 0 Å². The van der Waals surface area contributed by atoms with Crippen molar-refractivity contribution in [2.75, 3.05) is 13.2 Å². The number of carbonyl (C=O) groups excluding carboxylic acids is 1. The molecule has 3 fully saturated rings. The molecule has 0 radical (unpaired) electrons. The fraction of sp³-hybridized carbons (Fsp3) is 0.500. The van der Waals surface area contributed by atoms with Crippen LogP contribution in [0.1, 0.15) is 44.1 Å². The van der Waals surface area contributed by atoms with Gasteiger partial charge < -0.3 is 14.4 Å². The summed E-state index contributed by atoms with van der Waals surface area (Å²) in [6, 6.07) is 16.6. The fourth-order valence-electron chi connectivity index (χ4n) is 5.49. The van der Waals surface area contributed by atoms with Crippen molar-refractivity contribution in [1.29, 1.82) is 0 Å². The number of amides is 1. The summed E-state index contributed by atoms with van der Waals surface area (Å²) in [6.07, 6.45) is 7.34. The van der Waals surface area contributed by atoms with Gasteiger partial charge in [-0.3, -0.25) is 4.79 Å². The number of rotatable bonds is 4. The van der Waals surface area contributed by atoms with Gasteiger partial charge in [0, 0.05) is 50.4 Å². The third-order valence-corrected chi connectivity index (χ3v) is 6.93. The molecule has 2 bridgehead atoms. The minimum atomic E-state index is -0.449. The van der Waals surface area contributed by atoms with E-state index >= 15 is 0 Å². The Morgan fingerprint density at radius 2 is 1.69 bits per heavy atom. The van der Waals surface area contributed by atoms with Gasteiger partial charge in [0.05, 0.1) is 5.41 Å². The molecule has 1 amide bonds. The Kier molecular flexibility index (Phi) is 5.00. The number of aromatic nitrogens is 1. The summed E-state index contributed by atoms with van der Waals surface area (Å²) in [7, 11) is 0. The van der Waals surface area contributed by atoms with E-state index in [1.54, 1.807) is 6.20 Å². The van der Waals surface area contributed by atoms with E-state index in [1.807, 2.05) is 36.4 Å². The van der Waals surface area contributed by atoms with Crippen molar-refractivity contribution in [1.82, 2.24) is 9.88 Å². The minimum Gasteiger partial charge on any atom is -0.474 e. The summed E-state index contributed by atoms with van der Waals surface area (Å²) in [6.45, 7) is 1.30. The van der Waals surface area contributed by atoms with Crippen LogP contribution in [-0.2, 0) is 14.9 Å². The first kappa shape index (κ1) is 18.6. The molecule has 0 spiro atoms. The molecule has 3 saturated heterocycles. The number of piperidine rings is 1. The molecule has 2 aromatic rings. The summed E-state index contributed by atoms with van der Waals surface area (Å²) < 4.78 is 11.8. The summed E-state index contributed by atoms with van der Waals surface area (Å²) >= 11 is 0. The van der Waals surface area contributed by atoms with E-state index in [0.29, 0.717) is 25.0 Å². The summed E-state index contributed by atoms with van der Waals surface area (Å²) in [4.78, 5) is 20.5. The molecular formula is C24H28N2O3. The highest BCUT2D eigenvalue weighted by Gasteiger charge is 2.51. The SMILES string of the molecule is O=C(N1C2CCC1CC(Oc1ccccn1)C2)C1(c2ccccc2)CCOCC1. The largest absolute Gasteiger partial charge is 0.474 e. The monoisotopic (exact) mass is 392 g/mol. The lowest BCUT2D eigenvalue weighted by molar-refractivity contribution is -0.147. The third kappa shape index (κ3) is 3.42. The van der Waals surface area contributed by atoms with Crippen LogP contribution in [0.4, 0.5) is 0 Å². The van der Waals surface area contributed by atoms with E-state index in [1.165, 1.54) is 0 Å². The van der Waals surface area contributed by atoms with Gasteiger partial charge in [-0.2, -0.15) is 0 Å². The molecule has 0 aliphatic carbocycles. The molecule has 1 aromatic heterocycles. The van der Waals surface area contributed by atoms with Crippen LogP contribution in [0.5, 0.6) is 5.88 Å². The molecule has 1 aromatic carbocycles. The first-order valence-corrected chi connectivity index (χ1v) is 10.8. The number of hydrogen-bond donors (Lipinski definition) is 0. The molecule has 0 saturated carbocycles. The van der Waals surface area contributed by atoms with Gasteiger partial charge in [0.15, 0.2) is 0 Å². The number of nitrogens with zero attached hydrogens (tertiary/aromatic N) is 2. The van der Waals surface area contributed by atoms with E-state index in [4.69, 9.17) is 9.47 Å². The van der Waals surface area contributed by atoms with Crippen molar-refractivity contribution in [2.45, 2.75) is 62.1 Å². The van der Waals surface area contributed by atoms with Crippen LogP contribution in [-0.4, -0.2) is 47.2 Å². The van der Waals surface area contributed by atoms with E-state index < -0.39 is 5.41 Å². The lowest BCUT2D eigenvalue weighted by Crippen LogP contribution is -2.57. The zero-order valence-corrected chi connectivity index (χ0v) is 16.7. The Bertz CT molecular complexity index is 822. The van der Waals surface area contributed by atoms with Crippen LogP contribution in [0, 0.1) is 0 Å². The lowest BCUT2D eigenvalue weighted by atomic mass is 9.72. The van der Waals surface area contributed by atoms with Crippen molar-refractivity contribution in [3.05, 3.63) is 60.3 Å². The average Bonchev–Trinajstić information content (AvgIpc) is 3.05. The smallest absolute Gasteiger partial charge is 0.233 e. The van der Waals surface area contributed by atoms with Crippen LogP contribution in [0.25, 0.3) is 0 Å². The minimum absolute atomic E-state index is 0.133. The summed E-state index contributed by atoms with van der Waals surface area (Å²) in [5, 5.41) is 0. The summed E-state index contributed by atoms with van der Waals surface area (Å²) in [5.74, 6) is 0.984. The van der Waals surface area contributed by atoms with Gasteiger partial charge in [-0.25, -0.2) is 4.98 Å². The predicted octanol–water partition coefficient (Wildman–Crippen LogP) is 3.73. The second-order valence-corrected chi connectivity index (χ2v) is 8.54. The Labute approximate surface area is 172 Å². The van der Waals surface area contributed by atoms with Crippen LogP contribution in [0.3, 0.4) is 0 Å². The van der Waals surface area contributed by atoms with Crippen molar-refractivity contribution < 1.29 is 14.3 Å².